The van der Waals surface area contributed by atoms with E-state index in [4.69, 9.17) is 14.6 Å². The second-order valence-corrected chi connectivity index (χ2v) is 2.73. The molecular weight excluding hydrogens is 148 g/mol. The van der Waals surface area contributed by atoms with Crippen LogP contribution in [0.4, 0.5) is 0 Å². The first-order chi connectivity index (χ1) is 5.29. The molecule has 0 aromatic carbocycles. The molecular formula is C7H14O4. The van der Waals surface area contributed by atoms with E-state index in [1.807, 2.05) is 0 Å². The quantitative estimate of drug-likeness (QED) is 0.559. The summed E-state index contributed by atoms with van der Waals surface area (Å²) < 4.78 is 9.98. The Hall–Kier alpha value is -0.160. The van der Waals surface area contributed by atoms with E-state index in [1.54, 1.807) is 0 Å². The Kier molecular flexibility index (Phi) is 3.26. The Balaban J connectivity index is 2.43. The maximum absolute atomic E-state index is 9.31. The normalized spacial score (nSPS) is 34.1. The monoisotopic (exact) mass is 162 g/mol. The molecule has 1 rings (SSSR count). The van der Waals surface area contributed by atoms with E-state index in [0.29, 0.717) is 13.2 Å². The molecule has 3 unspecified atom stereocenters. The molecule has 1 aliphatic heterocycles. The van der Waals surface area contributed by atoms with Crippen molar-refractivity contribution in [3.05, 3.63) is 0 Å². The molecule has 3 atom stereocenters. The number of methoxy groups -OCH3 is 1. The smallest absolute Gasteiger partial charge is 0.0877 e. The van der Waals surface area contributed by atoms with E-state index in [1.165, 1.54) is 7.11 Å². The SMILES string of the molecule is COC(CO)C1COCC1O. The summed E-state index contributed by atoms with van der Waals surface area (Å²) in [6.07, 6.45) is -0.792. The molecule has 0 aromatic heterocycles. The lowest BCUT2D eigenvalue weighted by molar-refractivity contribution is -0.0231. The first-order valence-electron chi connectivity index (χ1n) is 3.69. The maximum atomic E-state index is 9.31. The summed E-state index contributed by atoms with van der Waals surface area (Å²) in [6, 6.07) is 0. The van der Waals surface area contributed by atoms with Crippen LogP contribution in [0.5, 0.6) is 0 Å². The third-order valence-electron chi connectivity index (χ3n) is 2.05. The van der Waals surface area contributed by atoms with Gasteiger partial charge in [-0.3, -0.25) is 0 Å². The van der Waals surface area contributed by atoms with Gasteiger partial charge in [0.2, 0.25) is 0 Å². The van der Waals surface area contributed by atoms with Gasteiger partial charge in [-0.2, -0.15) is 0 Å². The molecule has 1 heterocycles. The second-order valence-electron chi connectivity index (χ2n) is 2.73. The van der Waals surface area contributed by atoms with E-state index in [0.717, 1.165) is 0 Å². The van der Waals surface area contributed by atoms with Crippen molar-refractivity contribution in [2.45, 2.75) is 12.2 Å². The van der Waals surface area contributed by atoms with Crippen molar-refractivity contribution in [1.82, 2.24) is 0 Å². The van der Waals surface area contributed by atoms with Crippen LogP contribution in [0, 0.1) is 5.92 Å². The highest BCUT2D eigenvalue weighted by molar-refractivity contribution is 4.80. The van der Waals surface area contributed by atoms with Crippen LogP contribution >= 0.6 is 0 Å². The van der Waals surface area contributed by atoms with Gasteiger partial charge < -0.3 is 19.7 Å². The lowest BCUT2D eigenvalue weighted by Gasteiger charge is -2.20. The Morgan fingerprint density at radius 3 is 2.73 bits per heavy atom. The molecule has 4 nitrogen and oxygen atoms in total. The predicted molar refractivity (Wildman–Crippen MR) is 38.2 cm³/mol. The minimum absolute atomic E-state index is 0.0679. The summed E-state index contributed by atoms with van der Waals surface area (Å²) >= 11 is 0. The Morgan fingerprint density at radius 1 is 1.64 bits per heavy atom. The molecule has 66 valence electrons. The van der Waals surface area contributed by atoms with E-state index < -0.39 is 6.10 Å². The van der Waals surface area contributed by atoms with Gasteiger partial charge in [0, 0.05) is 13.0 Å². The topological polar surface area (TPSA) is 58.9 Å². The molecule has 0 saturated carbocycles. The van der Waals surface area contributed by atoms with E-state index >= 15 is 0 Å². The zero-order chi connectivity index (χ0) is 8.27. The highest BCUT2D eigenvalue weighted by Crippen LogP contribution is 2.18. The number of hydrogen-bond acceptors (Lipinski definition) is 4. The minimum atomic E-state index is -0.493. The average molecular weight is 162 g/mol. The maximum Gasteiger partial charge on any atom is 0.0877 e. The Bertz CT molecular complexity index is 113. The average Bonchev–Trinajstić information content (AvgIpc) is 2.40. The van der Waals surface area contributed by atoms with Crippen molar-refractivity contribution in [2.75, 3.05) is 26.9 Å². The number of hydrogen-bond donors (Lipinski definition) is 2. The highest BCUT2D eigenvalue weighted by Gasteiger charge is 2.33. The van der Waals surface area contributed by atoms with Gasteiger partial charge in [0.25, 0.3) is 0 Å². The molecule has 0 bridgehead atoms. The van der Waals surface area contributed by atoms with Crippen molar-refractivity contribution in [2.24, 2.45) is 5.92 Å². The lowest BCUT2D eigenvalue weighted by Crippen LogP contribution is -2.34. The molecule has 0 aromatic rings. The zero-order valence-electron chi connectivity index (χ0n) is 6.56. The molecule has 1 aliphatic rings. The van der Waals surface area contributed by atoms with Crippen molar-refractivity contribution >= 4 is 0 Å². The van der Waals surface area contributed by atoms with E-state index in [2.05, 4.69) is 0 Å². The third-order valence-corrected chi connectivity index (χ3v) is 2.05. The number of rotatable bonds is 3. The molecule has 11 heavy (non-hydrogen) atoms. The number of ether oxygens (including phenoxy) is 2. The molecule has 0 radical (unpaired) electrons. The third kappa shape index (κ3) is 1.90. The van der Waals surface area contributed by atoms with Gasteiger partial charge in [-0.1, -0.05) is 0 Å². The largest absolute Gasteiger partial charge is 0.394 e. The summed E-state index contributed by atoms with van der Waals surface area (Å²) in [6.45, 7) is 0.756. The predicted octanol–water partition coefficient (Wildman–Crippen LogP) is -0.999. The summed E-state index contributed by atoms with van der Waals surface area (Å²) in [5, 5.41) is 18.1. The standard InChI is InChI=1S/C7H14O4/c1-10-7(2-8)5-3-11-4-6(5)9/h5-9H,2-4H2,1H3. The summed E-state index contributed by atoms with van der Waals surface area (Å²) in [5.74, 6) is -0.0787. The van der Waals surface area contributed by atoms with Gasteiger partial charge in [-0.05, 0) is 0 Å². The summed E-state index contributed by atoms with van der Waals surface area (Å²) in [5.41, 5.74) is 0. The second kappa shape index (κ2) is 4.01. The van der Waals surface area contributed by atoms with Crippen LogP contribution in [-0.4, -0.2) is 49.4 Å². The fourth-order valence-electron chi connectivity index (χ4n) is 1.30. The van der Waals surface area contributed by atoms with Crippen molar-refractivity contribution in [3.8, 4) is 0 Å². The van der Waals surface area contributed by atoms with Gasteiger partial charge in [0.1, 0.15) is 0 Å². The van der Waals surface area contributed by atoms with E-state index in [-0.39, 0.29) is 18.6 Å². The van der Waals surface area contributed by atoms with Crippen LogP contribution in [-0.2, 0) is 9.47 Å². The first kappa shape index (κ1) is 8.93. The van der Waals surface area contributed by atoms with E-state index in [9.17, 15) is 5.11 Å². The van der Waals surface area contributed by atoms with Crippen molar-refractivity contribution < 1.29 is 19.7 Å². The number of aliphatic hydroxyl groups is 2. The van der Waals surface area contributed by atoms with Gasteiger partial charge in [0.05, 0.1) is 32.0 Å². The van der Waals surface area contributed by atoms with Crippen LogP contribution in [0.2, 0.25) is 0 Å². The fraction of sp³-hybridized carbons (Fsp3) is 1.00. The molecule has 2 N–H and O–H groups in total. The van der Waals surface area contributed by atoms with Crippen LogP contribution in [0.1, 0.15) is 0 Å². The molecule has 0 amide bonds. The molecule has 4 heteroatoms. The van der Waals surface area contributed by atoms with Crippen LogP contribution in [0.25, 0.3) is 0 Å². The Morgan fingerprint density at radius 2 is 2.36 bits per heavy atom. The lowest BCUT2D eigenvalue weighted by atomic mass is 10.00. The van der Waals surface area contributed by atoms with Crippen LogP contribution in [0.3, 0.4) is 0 Å². The van der Waals surface area contributed by atoms with Gasteiger partial charge in [-0.25, -0.2) is 0 Å². The minimum Gasteiger partial charge on any atom is -0.394 e. The molecule has 1 saturated heterocycles. The number of aliphatic hydroxyl groups excluding tert-OH is 2. The zero-order valence-corrected chi connectivity index (χ0v) is 6.56. The first-order valence-corrected chi connectivity index (χ1v) is 3.69. The van der Waals surface area contributed by atoms with Crippen molar-refractivity contribution in [1.29, 1.82) is 0 Å². The van der Waals surface area contributed by atoms with Gasteiger partial charge >= 0.3 is 0 Å². The summed E-state index contributed by atoms with van der Waals surface area (Å²) in [7, 11) is 1.52. The highest BCUT2D eigenvalue weighted by atomic mass is 16.5. The molecule has 1 fully saturated rings. The molecule has 0 spiro atoms. The van der Waals surface area contributed by atoms with Crippen LogP contribution in [0.15, 0.2) is 0 Å². The van der Waals surface area contributed by atoms with Crippen LogP contribution < -0.4 is 0 Å². The van der Waals surface area contributed by atoms with Gasteiger partial charge in [-0.15, -0.1) is 0 Å². The summed E-state index contributed by atoms with van der Waals surface area (Å²) in [4.78, 5) is 0. The fourth-order valence-corrected chi connectivity index (χ4v) is 1.30. The Labute approximate surface area is 65.7 Å². The van der Waals surface area contributed by atoms with Crippen molar-refractivity contribution in [3.63, 3.8) is 0 Å². The van der Waals surface area contributed by atoms with Gasteiger partial charge in [0.15, 0.2) is 0 Å². The molecule has 0 aliphatic carbocycles.